The average molecular weight is 400 g/mol. The van der Waals surface area contributed by atoms with Crippen molar-refractivity contribution in [1.29, 1.82) is 0 Å². The number of hydrogen-bond donors (Lipinski definition) is 1. The number of allylic oxidation sites excluding steroid dienone is 2. The maximum atomic E-state index is 12.7. The normalized spacial score (nSPS) is 13.6. The van der Waals surface area contributed by atoms with Gasteiger partial charge in [0.15, 0.2) is 5.76 Å². The molecule has 0 spiro atoms. The number of anilines is 2. The molecule has 0 aliphatic heterocycles. The van der Waals surface area contributed by atoms with Crippen molar-refractivity contribution in [3.05, 3.63) is 77.2 Å². The predicted molar refractivity (Wildman–Crippen MR) is 104 cm³/mol. The number of alkyl halides is 3. The largest absolute Gasteiger partial charge is 0.498 e. The van der Waals surface area contributed by atoms with Crippen LogP contribution >= 0.6 is 0 Å². The molecule has 0 fully saturated rings. The van der Waals surface area contributed by atoms with Gasteiger partial charge in [-0.2, -0.15) is 13.2 Å². The molecule has 0 amide bonds. The van der Waals surface area contributed by atoms with E-state index in [9.17, 15) is 13.2 Å². The Morgan fingerprint density at radius 1 is 1.14 bits per heavy atom. The number of fused-ring (bicyclic) bond motifs is 1. The number of ether oxygens (including phenoxy) is 1. The molecule has 1 N–H and O–H groups in total. The van der Waals surface area contributed by atoms with Crippen LogP contribution in [0.15, 0.2) is 64.9 Å². The Bertz CT molecular complexity index is 1040. The second kappa shape index (κ2) is 7.66. The number of halogens is 3. The molecule has 0 saturated carbocycles. The highest BCUT2D eigenvalue weighted by Gasteiger charge is 2.30. The van der Waals surface area contributed by atoms with Crippen LogP contribution in [0.25, 0.3) is 11.3 Å². The summed E-state index contributed by atoms with van der Waals surface area (Å²) in [5.41, 5.74) is 3.01. The zero-order valence-corrected chi connectivity index (χ0v) is 15.7. The monoisotopic (exact) mass is 400 g/mol. The first-order valence-electron chi connectivity index (χ1n) is 9.27. The molecule has 1 aromatic heterocycles. The van der Waals surface area contributed by atoms with Crippen molar-refractivity contribution in [3.8, 4) is 11.3 Å². The number of rotatable bonds is 5. The van der Waals surface area contributed by atoms with Crippen molar-refractivity contribution in [2.24, 2.45) is 0 Å². The highest BCUT2D eigenvalue weighted by molar-refractivity contribution is 5.64. The molecule has 0 unspecified atom stereocenters. The topological polar surface area (TPSA) is 47.3 Å². The Balaban J connectivity index is 1.54. The van der Waals surface area contributed by atoms with E-state index in [2.05, 4.69) is 22.4 Å². The molecular weight excluding hydrogens is 381 g/mol. The van der Waals surface area contributed by atoms with Gasteiger partial charge in [-0.3, -0.25) is 0 Å². The Hall–Kier alpha value is -3.22. The van der Waals surface area contributed by atoms with Crippen molar-refractivity contribution in [3.63, 3.8) is 0 Å². The zero-order chi connectivity index (χ0) is 20.4. The van der Waals surface area contributed by atoms with Crippen LogP contribution < -0.4 is 5.32 Å². The summed E-state index contributed by atoms with van der Waals surface area (Å²) in [6, 6.07) is 11.0. The number of benzene rings is 2. The minimum atomic E-state index is -4.37. The van der Waals surface area contributed by atoms with Crippen LogP contribution in [0.2, 0.25) is 0 Å². The van der Waals surface area contributed by atoms with Crippen LogP contribution in [0.4, 0.5) is 24.9 Å². The number of nitrogens with one attached hydrogen (secondary N) is 1. The fourth-order valence-corrected chi connectivity index (χ4v) is 3.32. The third-order valence-electron chi connectivity index (χ3n) is 4.75. The fourth-order valence-electron chi connectivity index (χ4n) is 3.32. The summed E-state index contributed by atoms with van der Waals surface area (Å²) in [5.74, 6) is 1.33. The number of hydrogen-bond acceptors (Lipinski definition) is 4. The molecule has 3 aromatic rings. The lowest BCUT2D eigenvalue weighted by Gasteiger charge is -2.20. The molecule has 1 heterocycles. The van der Waals surface area contributed by atoms with Crippen LogP contribution in [0.3, 0.4) is 0 Å². The standard InChI is InChI=1S/C22H19F3N2O2/c1-2-28-17-11-8-14-4-3-5-19(18(14)12-17)27-21-26-13-20(29-21)15-6-9-16(10-7-15)22(23,24)25/h3-7,9-11,13H,2,8,12H2,1H3,(H,26,27). The maximum Gasteiger partial charge on any atom is 0.416 e. The summed E-state index contributed by atoms with van der Waals surface area (Å²) in [4.78, 5) is 4.22. The van der Waals surface area contributed by atoms with Crippen LogP contribution in [-0.2, 0) is 23.8 Å². The lowest BCUT2D eigenvalue weighted by molar-refractivity contribution is -0.137. The molecule has 4 nitrogen and oxygen atoms in total. The van der Waals surface area contributed by atoms with Crippen molar-refractivity contribution < 1.29 is 22.3 Å². The molecule has 0 atom stereocenters. The molecular formula is C22H19F3N2O2. The van der Waals surface area contributed by atoms with E-state index < -0.39 is 11.7 Å². The molecule has 0 saturated heterocycles. The quantitative estimate of drug-likeness (QED) is 0.560. The van der Waals surface area contributed by atoms with Crippen molar-refractivity contribution >= 4 is 11.7 Å². The van der Waals surface area contributed by atoms with Crippen LogP contribution in [0.1, 0.15) is 23.6 Å². The SMILES string of the molecule is CCOC1=CCc2cccc(Nc3ncc(-c4ccc(C(F)(F)F)cc4)o3)c2C1. The summed E-state index contributed by atoms with van der Waals surface area (Å²) < 4.78 is 49.5. The summed E-state index contributed by atoms with van der Waals surface area (Å²) in [5, 5.41) is 3.18. The van der Waals surface area contributed by atoms with Gasteiger partial charge in [0, 0.05) is 17.7 Å². The highest BCUT2D eigenvalue weighted by atomic mass is 19.4. The van der Waals surface area contributed by atoms with E-state index in [1.165, 1.54) is 23.9 Å². The number of aromatic nitrogens is 1. The third-order valence-corrected chi connectivity index (χ3v) is 4.75. The van der Waals surface area contributed by atoms with Gasteiger partial charge in [-0.25, -0.2) is 4.98 Å². The van der Waals surface area contributed by atoms with E-state index in [0.29, 0.717) is 24.4 Å². The Labute approximate surface area is 166 Å². The van der Waals surface area contributed by atoms with Gasteiger partial charge in [-0.05, 0) is 48.7 Å². The third kappa shape index (κ3) is 4.13. The van der Waals surface area contributed by atoms with E-state index >= 15 is 0 Å². The van der Waals surface area contributed by atoms with E-state index in [4.69, 9.17) is 9.15 Å². The van der Waals surface area contributed by atoms with E-state index in [-0.39, 0.29) is 6.01 Å². The first-order chi connectivity index (χ1) is 13.9. The van der Waals surface area contributed by atoms with Gasteiger partial charge in [0.2, 0.25) is 0 Å². The van der Waals surface area contributed by atoms with Gasteiger partial charge < -0.3 is 14.5 Å². The van der Waals surface area contributed by atoms with E-state index in [1.54, 1.807) is 0 Å². The molecule has 0 radical (unpaired) electrons. The first-order valence-corrected chi connectivity index (χ1v) is 9.27. The van der Waals surface area contributed by atoms with Gasteiger partial charge in [-0.1, -0.05) is 24.3 Å². The van der Waals surface area contributed by atoms with E-state index in [1.807, 2.05) is 19.1 Å². The van der Waals surface area contributed by atoms with Gasteiger partial charge in [0.1, 0.15) is 0 Å². The minimum absolute atomic E-state index is 0.279. The van der Waals surface area contributed by atoms with Gasteiger partial charge in [0.05, 0.1) is 24.1 Å². The number of oxazole rings is 1. The van der Waals surface area contributed by atoms with Gasteiger partial charge >= 0.3 is 6.18 Å². The second-order valence-electron chi connectivity index (χ2n) is 6.66. The summed E-state index contributed by atoms with van der Waals surface area (Å²) >= 11 is 0. The predicted octanol–water partition coefficient (Wildman–Crippen LogP) is 6.12. The smallest absolute Gasteiger partial charge is 0.416 e. The molecule has 150 valence electrons. The first kappa shape index (κ1) is 19.1. The summed E-state index contributed by atoms with van der Waals surface area (Å²) in [7, 11) is 0. The Morgan fingerprint density at radius 2 is 1.93 bits per heavy atom. The summed E-state index contributed by atoms with van der Waals surface area (Å²) in [6.45, 7) is 2.57. The minimum Gasteiger partial charge on any atom is -0.498 e. The van der Waals surface area contributed by atoms with Crippen molar-refractivity contribution in [2.45, 2.75) is 25.9 Å². The van der Waals surface area contributed by atoms with Crippen LogP contribution in [-0.4, -0.2) is 11.6 Å². The molecule has 2 aromatic carbocycles. The Kier molecular flexibility index (Phi) is 5.05. The lowest BCUT2D eigenvalue weighted by atomic mass is 9.94. The zero-order valence-electron chi connectivity index (χ0n) is 15.7. The molecule has 7 heteroatoms. The second-order valence-corrected chi connectivity index (χ2v) is 6.66. The fraction of sp³-hybridized carbons (Fsp3) is 0.227. The Morgan fingerprint density at radius 3 is 2.66 bits per heavy atom. The van der Waals surface area contributed by atoms with Crippen molar-refractivity contribution in [2.75, 3.05) is 11.9 Å². The number of nitrogens with zero attached hydrogens (tertiary/aromatic N) is 1. The van der Waals surface area contributed by atoms with Crippen molar-refractivity contribution in [1.82, 2.24) is 4.98 Å². The highest BCUT2D eigenvalue weighted by Crippen LogP contribution is 2.33. The van der Waals surface area contributed by atoms with Gasteiger partial charge in [0.25, 0.3) is 6.01 Å². The van der Waals surface area contributed by atoms with Crippen LogP contribution in [0, 0.1) is 0 Å². The molecule has 29 heavy (non-hydrogen) atoms. The molecule has 4 rings (SSSR count). The maximum absolute atomic E-state index is 12.7. The average Bonchev–Trinajstić information content (AvgIpc) is 3.17. The van der Waals surface area contributed by atoms with E-state index in [0.717, 1.165) is 35.6 Å². The molecule has 1 aliphatic rings. The molecule has 1 aliphatic carbocycles. The van der Waals surface area contributed by atoms with Gasteiger partial charge in [-0.15, -0.1) is 0 Å². The lowest BCUT2D eigenvalue weighted by Crippen LogP contribution is -2.08. The molecule has 0 bridgehead atoms. The summed E-state index contributed by atoms with van der Waals surface area (Å²) in [6.07, 6.45) is 0.685. The van der Waals surface area contributed by atoms with Crippen LogP contribution in [0.5, 0.6) is 0 Å².